The van der Waals surface area contributed by atoms with E-state index in [1.54, 1.807) is 20.0 Å². The summed E-state index contributed by atoms with van der Waals surface area (Å²) in [4.78, 5) is 23.8. The number of anilines is 2. The number of tetrazole rings is 1. The molecule has 0 aliphatic carbocycles. The minimum Gasteiger partial charge on any atom is -0.478 e. The lowest BCUT2D eigenvalue weighted by Gasteiger charge is -2.08. The SMILES string of the molecule is Cc1ccc(C(=O)O)cc1NC(=O)Nc1nnn(C)n1. The number of hydrogen-bond donors (Lipinski definition) is 3. The maximum atomic E-state index is 11.7. The zero-order chi connectivity index (χ0) is 14.7. The van der Waals surface area contributed by atoms with Gasteiger partial charge in [-0.1, -0.05) is 11.2 Å². The summed E-state index contributed by atoms with van der Waals surface area (Å²) in [5.41, 5.74) is 1.21. The molecule has 1 aromatic carbocycles. The Morgan fingerprint density at radius 2 is 2.05 bits per heavy atom. The van der Waals surface area contributed by atoms with Gasteiger partial charge in [0.05, 0.1) is 12.6 Å². The molecule has 0 bridgehead atoms. The Labute approximate surface area is 113 Å². The van der Waals surface area contributed by atoms with Crippen LogP contribution in [-0.4, -0.2) is 37.3 Å². The third kappa shape index (κ3) is 3.07. The molecule has 2 aromatic rings. The van der Waals surface area contributed by atoms with Crippen LogP contribution in [0, 0.1) is 6.92 Å². The van der Waals surface area contributed by atoms with Gasteiger partial charge in [-0.15, -0.1) is 5.10 Å². The van der Waals surface area contributed by atoms with Crippen LogP contribution in [0.2, 0.25) is 0 Å². The average Bonchev–Trinajstić information content (AvgIpc) is 2.77. The summed E-state index contributed by atoms with van der Waals surface area (Å²) in [6.45, 7) is 1.75. The second-order valence-electron chi connectivity index (χ2n) is 4.02. The lowest BCUT2D eigenvalue weighted by molar-refractivity contribution is 0.0697. The summed E-state index contributed by atoms with van der Waals surface area (Å²) in [6.07, 6.45) is 0. The van der Waals surface area contributed by atoms with Crippen LogP contribution in [0.25, 0.3) is 0 Å². The first-order valence-corrected chi connectivity index (χ1v) is 5.61. The standard InChI is InChI=1S/C11H12N6O3/c1-6-3-4-7(9(18)19)5-8(6)12-11(20)13-10-14-16-17(2)15-10/h3-5H,1-2H3,(H,18,19)(H2,12,13,15,20). The van der Waals surface area contributed by atoms with E-state index < -0.39 is 12.0 Å². The van der Waals surface area contributed by atoms with Gasteiger partial charge in [-0.2, -0.15) is 4.80 Å². The summed E-state index contributed by atoms with van der Waals surface area (Å²) in [5, 5.41) is 24.8. The second kappa shape index (κ2) is 5.34. The molecule has 0 saturated carbocycles. The van der Waals surface area contributed by atoms with Gasteiger partial charge < -0.3 is 10.4 Å². The normalized spacial score (nSPS) is 10.1. The van der Waals surface area contributed by atoms with E-state index in [1.165, 1.54) is 16.9 Å². The molecule has 0 fully saturated rings. The molecule has 3 N–H and O–H groups in total. The Morgan fingerprint density at radius 3 is 2.65 bits per heavy atom. The van der Waals surface area contributed by atoms with Gasteiger partial charge in [-0.3, -0.25) is 5.32 Å². The van der Waals surface area contributed by atoms with Gasteiger partial charge in [0.2, 0.25) is 0 Å². The molecule has 2 amide bonds. The second-order valence-corrected chi connectivity index (χ2v) is 4.02. The number of urea groups is 1. The molecular formula is C11H12N6O3. The Morgan fingerprint density at radius 1 is 1.30 bits per heavy atom. The van der Waals surface area contributed by atoms with Gasteiger partial charge in [-0.05, 0) is 29.8 Å². The highest BCUT2D eigenvalue weighted by Gasteiger charge is 2.10. The van der Waals surface area contributed by atoms with Crippen molar-refractivity contribution >= 4 is 23.6 Å². The summed E-state index contributed by atoms with van der Waals surface area (Å²) < 4.78 is 0. The quantitative estimate of drug-likeness (QED) is 0.764. The predicted octanol–water partition coefficient (Wildman–Crippen LogP) is 0.861. The first-order chi connectivity index (χ1) is 9.45. The lowest BCUT2D eigenvalue weighted by atomic mass is 10.1. The number of nitrogens with one attached hydrogen (secondary N) is 2. The molecule has 0 unspecified atom stereocenters. The highest BCUT2D eigenvalue weighted by molar-refractivity contribution is 6.00. The van der Waals surface area contributed by atoms with Crippen LogP contribution in [0.3, 0.4) is 0 Å². The Balaban J connectivity index is 2.11. The molecule has 0 atom stereocenters. The van der Waals surface area contributed by atoms with Crippen LogP contribution in [0.5, 0.6) is 0 Å². The van der Waals surface area contributed by atoms with Crippen molar-refractivity contribution in [3.8, 4) is 0 Å². The number of nitrogens with zero attached hydrogens (tertiary/aromatic N) is 4. The summed E-state index contributed by atoms with van der Waals surface area (Å²) >= 11 is 0. The Kier molecular flexibility index (Phi) is 3.60. The zero-order valence-electron chi connectivity index (χ0n) is 10.8. The highest BCUT2D eigenvalue weighted by atomic mass is 16.4. The van der Waals surface area contributed by atoms with E-state index in [2.05, 4.69) is 26.0 Å². The van der Waals surface area contributed by atoms with Crippen LogP contribution in [0.4, 0.5) is 16.4 Å². The van der Waals surface area contributed by atoms with Crippen LogP contribution in [-0.2, 0) is 7.05 Å². The fourth-order valence-electron chi connectivity index (χ4n) is 1.48. The van der Waals surface area contributed by atoms with Crippen molar-refractivity contribution in [2.75, 3.05) is 10.6 Å². The van der Waals surface area contributed by atoms with Crippen LogP contribution >= 0.6 is 0 Å². The van der Waals surface area contributed by atoms with Crippen molar-refractivity contribution in [3.63, 3.8) is 0 Å². The lowest BCUT2D eigenvalue weighted by Crippen LogP contribution is -2.21. The average molecular weight is 276 g/mol. The number of carboxylic acid groups (broad SMARTS) is 1. The van der Waals surface area contributed by atoms with Gasteiger partial charge in [0, 0.05) is 5.69 Å². The monoisotopic (exact) mass is 276 g/mol. The number of aromatic carboxylic acids is 1. The van der Waals surface area contributed by atoms with E-state index in [0.29, 0.717) is 5.69 Å². The Hall–Kier alpha value is -2.97. The van der Waals surface area contributed by atoms with Crippen molar-refractivity contribution in [1.29, 1.82) is 0 Å². The number of rotatable bonds is 3. The first kappa shape index (κ1) is 13.5. The number of aryl methyl sites for hydroxylation is 2. The minimum absolute atomic E-state index is 0.0528. The van der Waals surface area contributed by atoms with Crippen molar-refractivity contribution in [3.05, 3.63) is 29.3 Å². The van der Waals surface area contributed by atoms with Gasteiger partial charge in [0.1, 0.15) is 0 Å². The van der Waals surface area contributed by atoms with E-state index in [1.807, 2.05) is 0 Å². The van der Waals surface area contributed by atoms with Crippen molar-refractivity contribution in [2.24, 2.45) is 7.05 Å². The topological polar surface area (TPSA) is 122 Å². The number of carboxylic acids is 1. The van der Waals surface area contributed by atoms with Crippen LogP contribution in [0.15, 0.2) is 18.2 Å². The number of amides is 2. The van der Waals surface area contributed by atoms with Gasteiger partial charge in [0.25, 0.3) is 5.95 Å². The number of benzene rings is 1. The van der Waals surface area contributed by atoms with Crippen LogP contribution < -0.4 is 10.6 Å². The van der Waals surface area contributed by atoms with E-state index in [4.69, 9.17) is 5.11 Å². The minimum atomic E-state index is -1.07. The van der Waals surface area contributed by atoms with Crippen molar-refractivity contribution < 1.29 is 14.7 Å². The summed E-state index contributed by atoms with van der Waals surface area (Å²) in [6, 6.07) is 3.87. The first-order valence-electron chi connectivity index (χ1n) is 5.61. The van der Waals surface area contributed by atoms with E-state index in [9.17, 15) is 9.59 Å². The fourth-order valence-corrected chi connectivity index (χ4v) is 1.48. The van der Waals surface area contributed by atoms with E-state index in [0.717, 1.165) is 5.56 Å². The molecule has 0 aliphatic heterocycles. The number of carbonyl (C=O) groups is 2. The molecule has 104 valence electrons. The maximum Gasteiger partial charge on any atom is 0.335 e. The molecule has 0 saturated heterocycles. The summed E-state index contributed by atoms with van der Waals surface area (Å²) in [5.74, 6) is -1.01. The molecule has 20 heavy (non-hydrogen) atoms. The Bertz CT molecular complexity index is 666. The van der Waals surface area contributed by atoms with Crippen molar-refractivity contribution in [1.82, 2.24) is 20.2 Å². The maximum absolute atomic E-state index is 11.7. The van der Waals surface area contributed by atoms with Gasteiger partial charge >= 0.3 is 12.0 Å². The molecule has 2 rings (SSSR count). The molecule has 0 spiro atoms. The van der Waals surface area contributed by atoms with E-state index in [-0.39, 0.29) is 11.5 Å². The molecule has 9 nitrogen and oxygen atoms in total. The molecular weight excluding hydrogens is 264 g/mol. The highest BCUT2D eigenvalue weighted by Crippen LogP contribution is 2.17. The molecule has 1 heterocycles. The largest absolute Gasteiger partial charge is 0.478 e. The summed E-state index contributed by atoms with van der Waals surface area (Å²) in [7, 11) is 1.57. The molecule has 1 aromatic heterocycles. The van der Waals surface area contributed by atoms with Gasteiger partial charge in [0.15, 0.2) is 0 Å². The molecule has 0 aliphatic rings. The third-order valence-corrected chi connectivity index (χ3v) is 2.47. The number of hydrogen-bond acceptors (Lipinski definition) is 5. The fraction of sp³-hybridized carbons (Fsp3) is 0.182. The van der Waals surface area contributed by atoms with Crippen LogP contribution in [0.1, 0.15) is 15.9 Å². The number of carbonyl (C=O) groups excluding carboxylic acids is 1. The number of aromatic nitrogens is 4. The predicted molar refractivity (Wildman–Crippen MR) is 69.6 cm³/mol. The zero-order valence-corrected chi connectivity index (χ0v) is 10.8. The molecule has 9 heteroatoms. The van der Waals surface area contributed by atoms with Gasteiger partial charge in [-0.25, -0.2) is 9.59 Å². The van der Waals surface area contributed by atoms with Crippen molar-refractivity contribution in [2.45, 2.75) is 6.92 Å². The molecule has 0 radical (unpaired) electrons. The van der Waals surface area contributed by atoms with E-state index >= 15 is 0 Å². The third-order valence-electron chi connectivity index (χ3n) is 2.47. The smallest absolute Gasteiger partial charge is 0.335 e.